The molecule has 0 unspecified atom stereocenters. The number of halogens is 2. The van der Waals surface area contributed by atoms with E-state index in [2.05, 4.69) is 5.10 Å². The van der Waals surface area contributed by atoms with E-state index in [9.17, 15) is 4.39 Å². The van der Waals surface area contributed by atoms with E-state index in [1.165, 1.54) is 23.5 Å². The summed E-state index contributed by atoms with van der Waals surface area (Å²) in [5.74, 6) is -0.274. The number of benzene rings is 3. The summed E-state index contributed by atoms with van der Waals surface area (Å²) in [4.78, 5) is 4.74. The third kappa shape index (κ3) is 4.27. The van der Waals surface area contributed by atoms with Gasteiger partial charge in [0, 0.05) is 16.0 Å². The molecule has 6 heteroatoms. The maximum Gasteiger partial charge on any atom is 0.211 e. The Balaban J connectivity index is 1.68. The van der Waals surface area contributed by atoms with Gasteiger partial charge in [0.25, 0.3) is 0 Å². The van der Waals surface area contributed by atoms with Crippen LogP contribution in [0, 0.1) is 5.82 Å². The zero-order chi connectivity index (χ0) is 19.3. The van der Waals surface area contributed by atoms with Crippen molar-refractivity contribution in [2.24, 2.45) is 5.10 Å². The van der Waals surface area contributed by atoms with E-state index in [0.717, 1.165) is 27.6 Å². The fraction of sp³-hybridized carbons (Fsp3) is 0. The molecule has 4 aromatic rings. The van der Waals surface area contributed by atoms with Crippen LogP contribution in [0.25, 0.3) is 11.3 Å². The fourth-order valence-electron chi connectivity index (χ4n) is 2.58. The molecule has 3 nitrogen and oxygen atoms in total. The van der Waals surface area contributed by atoms with Gasteiger partial charge in [0.1, 0.15) is 5.82 Å². The van der Waals surface area contributed by atoms with Crippen molar-refractivity contribution in [3.63, 3.8) is 0 Å². The Morgan fingerprint density at radius 3 is 2.36 bits per heavy atom. The summed E-state index contributed by atoms with van der Waals surface area (Å²) in [6.07, 6.45) is 1.69. The van der Waals surface area contributed by atoms with Gasteiger partial charge in [0.05, 0.1) is 17.6 Å². The van der Waals surface area contributed by atoms with Gasteiger partial charge >= 0.3 is 0 Å². The summed E-state index contributed by atoms with van der Waals surface area (Å²) >= 11 is 7.47. The summed E-state index contributed by atoms with van der Waals surface area (Å²) in [7, 11) is 0. The number of hydrazone groups is 1. The Hall–Kier alpha value is -3.02. The molecule has 138 valence electrons. The first-order chi connectivity index (χ1) is 13.7. The minimum atomic E-state index is -0.274. The van der Waals surface area contributed by atoms with Crippen molar-refractivity contribution in [2.45, 2.75) is 0 Å². The lowest BCUT2D eigenvalue weighted by Gasteiger charge is -2.15. The van der Waals surface area contributed by atoms with Crippen molar-refractivity contribution >= 4 is 40.0 Å². The number of para-hydroxylation sites is 1. The molecule has 0 spiro atoms. The van der Waals surface area contributed by atoms with Gasteiger partial charge in [-0.2, -0.15) is 5.10 Å². The molecule has 3 aromatic carbocycles. The molecular weight excluding hydrogens is 393 g/mol. The van der Waals surface area contributed by atoms with Gasteiger partial charge in [-0.25, -0.2) is 14.4 Å². The highest BCUT2D eigenvalue weighted by molar-refractivity contribution is 7.14. The van der Waals surface area contributed by atoms with Crippen LogP contribution in [-0.4, -0.2) is 11.2 Å². The third-order valence-electron chi connectivity index (χ3n) is 4.01. The van der Waals surface area contributed by atoms with Crippen LogP contribution in [0.2, 0.25) is 5.02 Å². The van der Waals surface area contributed by atoms with Crippen LogP contribution in [0.1, 0.15) is 5.56 Å². The molecule has 0 radical (unpaired) electrons. The number of hydrogen-bond acceptors (Lipinski definition) is 4. The van der Waals surface area contributed by atoms with Crippen molar-refractivity contribution in [3.8, 4) is 11.3 Å². The Kier molecular flexibility index (Phi) is 5.46. The lowest BCUT2D eigenvalue weighted by Crippen LogP contribution is -2.09. The normalized spacial score (nSPS) is 11.1. The monoisotopic (exact) mass is 407 g/mol. The Morgan fingerprint density at radius 2 is 1.64 bits per heavy atom. The maximum atomic E-state index is 13.1. The maximum absolute atomic E-state index is 13.1. The topological polar surface area (TPSA) is 28.5 Å². The number of nitrogens with zero attached hydrogens (tertiary/aromatic N) is 3. The van der Waals surface area contributed by atoms with Crippen molar-refractivity contribution in [2.75, 3.05) is 5.01 Å². The number of rotatable bonds is 5. The second-order valence-electron chi connectivity index (χ2n) is 5.97. The molecule has 0 amide bonds. The molecule has 0 saturated carbocycles. The summed E-state index contributed by atoms with van der Waals surface area (Å²) in [5.41, 5.74) is 3.53. The van der Waals surface area contributed by atoms with E-state index in [4.69, 9.17) is 16.6 Å². The molecule has 0 aliphatic heterocycles. The van der Waals surface area contributed by atoms with Crippen molar-refractivity contribution in [1.82, 2.24) is 4.98 Å². The van der Waals surface area contributed by atoms with Gasteiger partial charge in [-0.3, -0.25) is 0 Å². The molecule has 28 heavy (non-hydrogen) atoms. The van der Waals surface area contributed by atoms with E-state index in [-0.39, 0.29) is 5.82 Å². The molecular formula is C22H15ClFN3S. The molecule has 0 aliphatic carbocycles. The summed E-state index contributed by atoms with van der Waals surface area (Å²) in [5, 5.41) is 9.78. The van der Waals surface area contributed by atoms with Crippen LogP contribution in [0.15, 0.2) is 89.3 Å². The summed E-state index contributed by atoms with van der Waals surface area (Å²) < 4.78 is 13.1. The Bertz CT molecular complexity index is 1080. The second kappa shape index (κ2) is 8.33. The minimum absolute atomic E-state index is 0.274. The number of anilines is 2. The number of aromatic nitrogens is 1. The standard InChI is InChI=1S/C22H15ClFN3S/c23-18-10-8-17(9-11-18)21-15-28-22(26-21)27(20-4-2-1-3-5-20)25-14-16-6-12-19(24)13-7-16/h1-15H/b25-14+. The molecule has 1 heterocycles. The number of thiazole rings is 1. The summed E-state index contributed by atoms with van der Waals surface area (Å²) in [6.45, 7) is 0. The first kappa shape index (κ1) is 18.3. The van der Waals surface area contributed by atoms with Crippen LogP contribution in [0.4, 0.5) is 15.2 Å². The highest BCUT2D eigenvalue weighted by Crippen LogP contribution is 2.32. The van der Waals surface area contributed by atoms with Gasteiger partial charge in [-0.1, -0.05) is 54.1 Å². The number of hydrogen-bond donors (Lipinski definition) is 0. The smallest absolute Gasteiger partial charge is 0.211 e. The van der Waals surface area contributed by atoms with E-state index < -0.39 is 0 Å². The van der Waals surface area contributed by atoms with E-state index in [1.807, 2.05) is 60.0 Å². The molecule has 4 rings (SSSR count). The summed E-state index contributed by atoms with van der Waals surface area (Å²) in [6, 6.07) is 23.5. The van der Waals surface area contributed by atoms with Crippen molar-refractivity contribution < 1.29 is 4.39 Å². The molecule has 0 fully saturated rings. The molecule has 0 atom stereocenters. The average Bonchev–Trinajstić information content (AvgIpc) is 3.21. The van der Waals surface area contributed by atoms with Gasteiger partial charge in [0.15, 0.2) is 0 Å². The highest BCUT2D eigenvalue weighted by Gasteiger charge is 2.13. The molecule has 0 bridgehead atoms. The van der Waals surface area contributed by atoms with E-state index in [0.29, 0.717) is 5.02 Å². The largest absolute Gasteiger partial charge is 0.218 e. The zero-order valence-corrected chi connectivity index (χ0v) is 16.2. The minimum Gasteiger partial charge on any atom is -0.218 e. The first-order valence-corrected chi connectivity index (χ1v) is 9.81. The van der Waals surface area contributed by atoms with Gasteiger partial charge in [0.2, 0.25) is 5.13 Å². The average molecular weight is 408 g/mol. The van der Waals surface area contributed by atoms with Crippen LogP contribution in [-0.2, 0) is 0 Å². The fourth-order valence-corrected chi connectivity index (χ4v) is 3.52. The van der Waals surface area contributed by atoms with Crippen molar-refractivity contribution in [3.05, 3.63) is 101 Å². The lowest BCUT2D eigenvalue weighted by atomic mass is 10.2. The SMILES string of the molecule is Fc1ccc(/C=N/N(c2ccccc2)c2nc(-c3ccc(Cl)cc3)cs2)cc1. The Morgan fingerprint density at radius 1 is 0.929 bits per heavy atom. The van der Waals surface area contributed by atoms with Crippen molar-refractivity contribution in [1.29, 1.82) is 0 Å². The van der Waals surface area contributed by atoms with Gasteiger partial charge < -0.3 is 0 Å². The second-order valence-corrected chi connectivity index (χ2v) is 7.24. The van der Waals surface area contributed by atoms with E-state index in [1.54, 1.807) is 23.4 Å². The third-order valence-corrected chi connectivity index (χ3v) is 5.07. The molecule has 0 N–H and O–H groups in total. The molecule has 0 saturated heterocycles. The zero-order valence-electron chi connectivity index (χ0n) is 14.7. The van der Waals surface area contributed by atoms with Gasteiger partial charge in [-0.15, -0.1) is 11.3 Å². The molecule has 0 aliphatic rings. The van der Waals surface area contributed by atoms with Crippen LogP contribution < -0.4 is 5.01 Å². The predicted molar refractivity (Wildman–Crippen MR) is 115 cm³/mol. The lowest BCUT2D eigenvalue weighted by molar-refractivity contribution is 0.628. The molecule has 1 aromatic heterocycles. The van der Waals surface area contributed by atoms with Crippen LogP contribution in [0.5, 0.6) is 0 Å². The predicted octanol–water partition coefficient (Wildman–Crippen LogP) is 6.77. The highest BCUT2D eigenvalue weighted by atomic mass is 35.5. The quantitative estimate of drug-likeness (QED) is 0.269. The van der Waals surface area contributed by atoms with Crippen LogP contribution >= 0.6 is 22.9 Å². The Labute approximate surface area is 171 Å². The van der Waals surface area contributed by atoms with Crippen LogP contribution in [0.3, 0.4) is 0 Å². The van der Waals surface area contributed by atoms with Gasteiger partial charge in [-0.05, 0) is 42.0 Å². The van der Waals surface area contributed by atoms with E-state index >= 15 is 0 Å². The first-order valence-electron chi connectivity index (χ1n) is 8.55.